The smallest absolute Gasteiger partial charge is 0.210 e. The van der Waals surface area contributed by atoms with Crippen molar-refractivity contribution in [2.45, 2.75) is 0 Å². The normalized spacial score (nSPS) is 7.00. The van der Waals surface area contributed by atoms with Gasteiger partial charge in [0.15, 0.2) is 0 Å². The molecule has 0 aliphatic carbocycles. The van der Waals surface area contributed by atoms with Crippen LogP contribution in [0, 0.1) is 21.6 Å². The van der Waals surface area contributed by atoms with Crippen molar-refractivity contribution >= 4 is 0 Å². The van der Waals surface area contributed by atoms with Crippen LogP contribution in [0.25, 0.3) is 0 Å². The average Bonchev–Trinajstić information content (AvgIpc) is 1.67. The Morgan fingerprint density at radius 3 is 2.62 bits per heavy atom. The van der Waals surface area contributed by atoms with Crippen LogP contribution in [0.1, 0.15) is 0 Å². The first-order valence-electron chi connectivity index (χ1n) is 1.46. The van der Waals surface area contributed by atoms with Crippen LogP contribution in [0.2, 0.25) is 0 Å². The first kappa shape index (κ1) is 6.45. The molecule has 0 aromatic rings. The Labute approximate surface area is 43.8 Å². The second kappa shape index (κ2) is 2.59. The minimum absolute atomic E-state index is 0.542. The molecular weight excluding hydrogens is 116 g/mol. The summed E-state index contributed by atoms with van der Waals surface area (Å²) in [7, 11) is 0. The molecule has 0 heterocycles. The van der Waals surface area contributed by atoms with Crippen LogP contribution in [0.5, 0.6) is 0 Å². The number of nitro groups is 1. The van der Waals surface area contributed by atoms with E-state index in [0.29, 0.717) is 0 Å². The summed E-state index contributed by atoms with van der Waals surface area (Å²) < 4.78 is 0. The number of hydrogen-bond donors (Lipinski definition) is 2. The summed E-state index contributed by atoms with van der Waals surface area (Å²) in [6.45, 7) is 0. The predicted octanol–water partition coefficient (Wildman–Crippen LogP) is -1.15. The van der Waals surface area contributed by atoms with E-state index in [-0.39, 0.29) is 0 Å². The number of nitrogens with one attached hydrogen (secondary N) is 1. The van der Waals surface area contributed by atoms with Crippen LogP contribution in [0.3, 0.4) is 0 Å². The molecule has 0 spiro atoms. The Hall–Kier alpha value is -1.55. The van der Waals surface area contributed by atoms with E-state index in [1.54, 1.807) is 0 Å². The topological polar surface area (TPSA) is 102 Å². The lowest BCUT2D eigenvalue weighted by molar-refractivity contribution is -0.741. The van der Waals surface area contributed by atoms with Gasteiger partial charge in [-0.15, -0.1) is 0 Å². The molecule has 0 radical (unpaired) electrons. The van der Waals surface area contributed by atoms with Gasteiger partial charge in [0.05, 0.1) is 0 Å². The summed E-state index contributed by atoms with van der Waals surface area (Å²) in [5.74, 6) is 0. The molecule has 44 valence electrons. The zero-order valence-corrected chi connectivity index (χ0v) is 3.61. The Bertz CT molecular complexity index is 126. The summed E-state index contributed by atoms with van der Waals surface area (Å²) in [6, 6.07) is 0. The van der Waals surface area contributed by atoms with Gasteiger partial charge < -0.3 is 0 Å². The molecule has 0 aromatic heterocycles. The first-order chi connectivity index (χ1) is 3.68. The minimum atomic E-state index is -1.19. The fourth-order valence-corrected chi connectivity index (χ4v) is 0.0855. The molecule has 7 nitrogen and oxygen atoms in total. The van der Waals surface area contributed by atoms with Crippen LogP contribution >= 0.6 is 0 Å². The number of nitriles is 1. The van der Waals surface area contributed by atoms with E-state index >= 15 is 0 Å². The summed E-state index contributed by atoms with van der Waals surface area (Å²) in [5.41, 5.74) is 1.34. The molecular formula is CH2N4O3. The molecule has 0 saturated carbocycles. The maximum absolute atomic E-state index is 9.36. The van der Waals surface area contributed by atoms with Crippen LogP contribution in [-0.2, 0) is 0 Å². The Kier molecular flexibility index (Phi) is 2.09. The molecule has 0 amide bonds. The van der Waals surface area contributed by atoms with Crippen LogP contribution in [0.15, 0.2) is 0 Å². The number of hydrazine groups is 2. The molecule has 0 saturated heterocycles. The first-order valence-corrected chi connectivity index (χ1v) is 1.46. The lowest BCUT2D eigenvalue weighted by atomic mass is 11.4. The van der Waals surface area contributed by atoms with Gasteiger partial charge in [-0.2, -0.15) is 10.7 Å². The molecule has 8 heavy (non-hydrogen) atoms. The molecule has 7 heteroatoms. The van der Waals surface area contributed by atoms with Gasteiger partial charge in [-0.25, -0.2) is 15.3 Å². The molecule has 0 rings (SSSR count). The molecule has 0 bridgehead atoms. The third-order valence-corrected chi connectivity index (χ3v) is 0.305. The molecule has 0 unspecified atom stereocenters. The summed E-state index contributed by atoms with van der Waals surface area (Å²) in [6.07, 6.45) is 1.13. The molecule has 0 atom stereocenters. The van der Waals surface area contributed by atoms with Crippen molar-refractivity contribution in [3.05, 3.63) is 10.1 Å². The lowest BCUT2D eigenvalue weighted by Gasteiger charge is -1.97. The second-order valence-electron chi connectivity index (χ2n) is 0.751. The standard InChI is InChI=1S/CH2N4O3/c2-1-3-4(6)5(7)8/h3,6H. The van der Waals surface area contributed by atoms with E-state index in [2.05, 4.69) is 0 Å². The Balaban J connectivity index is 3.52. The van der Waals surface area contributed by atoms with Crippen molar-refractivity contribution in [1.29, 1.82) is 5.26 Å². The SMILES string of the molecule is N#CNN(O)[N+](=O)[O-]. The largest absolute Gasteiger partial charge is 0.231 e. The third-order valence-electron chi connectivity index (χ3n) is 0.305. The summed E-state index contributed by atoms with van der Waals surface area (Å²) in [4.78, 5) is 9.36. The van der Waals surface area contributed by atoms with Crippen LogP contribution < -0.4 is 5.43 Å². The fraction of sp³-hybridized carbons (Fsp3) is 0. The van der Waals surface area contributed by atoms with Gasteiger partial charge in [0, 0.05) is 0 Å². The van der Waals surface area contributed by atoms with Crippen molar-refractivity contribution in [3.63, 3.8) is 0 Å². The number of rotatable bonds is 2. The van der Waals surface area contributed by atoms with Crippen molar-refractivity contribution < 1.29 is 10.2 Å². The average molecular weight is 118 g/mol. The minimum Gasteiger partial charge on any atom is -0.231 e. The third kappa shape index (κ3) is 1.78. The molecule has 0 aromatic carbocycles. The van der Waals surface area contributed by atoms with Crippen molar-refractivity contribution in [2.24, 2.45) is 0 Å². The van der Waals surface area contributed by atoms with Gasteiger partial charge >= 0.3 is 0 Å². The molecule has 2 N–H and O–H groups in total. The fourth-order valence-electron chi connectivity index (χ4n) is 0.0855. The van der Waals surface area contributed by atoms with Crippen LogP contribution in [-0.4, -0.2) is 15.5 Å². The quantitative estimate of drug-likeness (QED) is 0.205. The van der Waals surface area contributed by atoms with E-state index in [1.165, 1.54) is 5.43 Å². The zero-order valence-electron chi connectivity index (χ0n) is 3.61. The highest BCUT2D eigenvalue weighted by Gasteiger charge is 2.05. The Morgan fingerprint density at radius 1 is 2.00 bits per heavy atom. The zero-order chi connectivity index (χ0) is 6.57. The summed E-state index contributed by atoms with van der Waals surface area (Å²) in [5, 5.41) is 23.2. The highest BCUT2D eigenvalue weighted by molar-refractivity contribution is 4.54. The maximum Gasteiger partial charge on any atom is 0.210 e. The van der Waals surface area contributed by atoms with E-state index < -0.39 is 10.3 Å². The van der Waals surface area contributed by atoms with Gasteiger partial charge in [0.25, 0.3) is 0 Å². The Morgan fingerprint density at radius 2 is 2.50 bits per heavy atom. The maximum atomic E-state index is 9.36. The number of hydrogen-bond acceptors (Lipinski definition) is 5. The van der Waals surface area contributed by atoms with Crippen molar-refractivity contribution in [3.8, 4) is 6.19 Å². The monoisotopic (exact) mass is 118 g/mol. The van der Waals surface area contributed by atoms with E-state index in [4.69, 9.17) is 10.5 Å². The van der Waals surface area contributed by atoms with E-state index in [0.717, 1.165) is 6.19 Å². The van der Waals surface area contributed by atoms with Gasteiger partial charge in [-0.05, 0) is 0 Å². The second-order valence-corrected chi connectivity index (χ2v) is 0.751. The van der Waals surface area contributed by atoms with E-state index in [1.807, 2.05) is 0 Å². The predicted molar refractivity (Wildman–Crippen MR) is 19.4 cm³/mol. The molecule has 0 aliphatic rings. The highest BCUT2D eigenvalue weighted by atomic mass is 16.8. The van der Waals surface area contributed by atoms with Gasteiger partial charge in [-0.3, -0.25) is 0 Å². The van der Waals surface area contributed by atoms with Crippen molar-refractivity contribution in [1.82, 2.24) is 10.7 Å². The van der Waals surface area contributed by atoms with Gasteiger partial charge in [0.2, 0.25) is 11.2 Å². The van der Waals surface area contributed by atoms with Crippen LogP contribution in [0.4, 0.5) is 0 Å². The molecule has 0 aliphatic heterocycles. The van der Waals surface area contributed by atoms with E-state index in [9.17, 15) is 10.1 Å². The van der Waals surface area contributed by atoms with Gasteiger partial charge in [0.1, 0.15) is 5.28 Å². The number of nitrogens with zero attached hydrogens (tertiary/aromatic N) is 3. The van der Waals surface area contributed by atoms with Gasteiger partial charge in [-0.1, -0.05) is 0 Å². The summed E-state index contributed by atoms with van der Waals surface area (Å²) >= 11 is 0. The lowest BCUT2D eigenvalue weighted by Crippen LogP contribution is -2.36. The highest BCUT2D eigenvalue weighted by Crippen LogP contribution is 1.68. The molecule has 0 fully saturated rings. The van der Waals surface area contributed by atoms with Crippen molar-refractivity contribution in [2.75, 3.05) is 0 Å².